The Morgan fingerprint density at radius 1 is 0.750 bits per heavy atom. The van der Waals surface area contributed by atoms with E-state index in [2.05, 4.69) is 10.6 Å². The van der Waals surface area contributed by atoms with Crippen molar-refractivity contribution in [1.82, 2.24) is 4.90 Å². The third-order valence-corrected chi connectivity index (χ3v) is 3.97. The predicted octanol–water partition coefficient (Wildman–Crippen LogP) is 2.82. The number of benzene rings is 2. The van der Waals surface area contributed by atoms with Gasteiger partial charge in [0.05, 0.1) is 13.1 Å². The summed E-state index contributed by atoms with van der Waals surface area (Å²) in [4.78, 5) is 36.7. The van der Waals surface area contributed by atoms with Gasteiger partial charge in [-0.15, -0.1) is 0 Å². The van der Waals surface area contributed by atoms with Crippen LogP contribution in [0.4, 0.5) is 11.4 Å². The molecule has 0 fully saturated rings. The summed E-state index contributed by atoms with van der Waals surface area (Å²) in [7, 11) is 0. The van der Waals surface area contributed by atoms with Crippen molar-refractivity contribution < 1.29 is 19.5 Å². The van der Waals surface area contributed by atoms with Crippen LogP contribution in [0.3, 0.4) is 0 Å². The first kappa shape index (κ1) is 21.1. The number of anilines is 2. The summed E-state index contributed by atoms with van der Waals surface area (Å²) in [6.45, 7) is 0.183. The monoisotopic (exact) mass is 383 g/mol. The molecule has 0 aliphatic heterocycles. The lowest BCUT2D eigenvalue weighted by molar-refractivity contribution is -0.138. The molecule has 2 amide bonds. The molecule has 0 saturated carbocycles. The predicted molar refractivity (Wildman–Crippen MR) is 108 cm³/mol. The van der Waals surface area contributed by atoms with Gasteiger partial charge in [-0.25, -0.2) is 0 Å². The number of nitrogens with zero attached hydrogens (tertiary/aromatic N) is 1. The highest BCUT2D eigenvalue weighted by Crippen LogP contribution is 2.08. The Morgan fingerprint density at radius 3 is 1.82 bits per heavy atom. The van der Waals surface area contributed by atoms with E-state index in [9.17, 15) is 14.4 Å². The van der Waals surface area contributed by atoms with Crippen LogP contribution in [0.1, 0.15) is 19.3 Å². The van der Waals surface area contributed by atoms with Crippen LogP contribution in [-0.4, -0.2) is 47.4 Å². The molecule has 0 aliphatic carbocycles. The number of carbonyl (C=O) groups excluding carboxylic acids is 2. The highest BCUT2D eigenvalue weighted by molar-refractivity contribution is 5.92. The summed E-state index contributed by atoms with van der Waals surface area (Å²) in [6.07, 6.45) is 1.56. The Hall–Kier alpha value is -3.19. The van der Waals surface area contributed by atoms with Gasteiger partial charge in [0.1, 0.15) is 0 Å². The number of para-hydroxylation sites is 2. The molecule has 0 heterocycles. The number of unbranched alkanes of at least 4 members (excludes halogenated alkanes) is 1. The molecule has 7 nitrogen and oxygen atoms in total. The standard InChI is InChI=1S/C21H25N3O4/c25-19(22-17-9-3-1-4-10-17)13-7-8-14-24(16-21(27)28)15-20(26)23-18-11-5-2-6-12-18/h1-6,9-12H,7-8,13-16H2,(H,22,25)(H,23,26)(H,27,28). The van der Waals surface area contributed by atoms with E-state index >= 15 is 0 Å². The Bertz CT molecular complexity index is 766. The van der Waals surface area contributed by atoms with E-state index in [0.29, 0.717) is 31.5 Å². The normalized spacial score (nSPS) is 10.5. The quantitative estimate of drug-likeness (QED) is 0.518. The lowest BCUT2D eigenvalue weighted by atomic mass is 10.2. The number of amides is 2. The minimum absolute atomic E-state index is 0.0165. The smallest absolute Gasteiger partial charge is 0.317 e. The van der Waals surface area contributed by atoms with Crippen molar-refractivity contribution in [1.29, 1.82) is 0 Å². The molecule has 3 N–H and O–H groups in total. The Kier molecular flexibility index (Phi) is 8.68. The fourth-order valence-electron chi connectivity index (χ4n) is 2.70. The molecular formula is C21H25N3O4. The molecule has 7 heteroatoms. The molecule has 148 valence electrons. The summed E-state index contributed by atoms with van der Waals surface area (Å²) in [5.74, 6) is -1.35. The first-order valence-corrected chi connectivity index (χ1v) is 9.17. The van der Waals surface area contributed by atoms with Crippen molar-refractivity contribution in [3.63, 3.8) is 0 Å². The van der Waals surface area contributed by atoms with Crippen molar-refractivity contribution >= 4 is 29.2 Å². The van der Waals surface area contributed by atoms with Crippen LogP contribution < -0.4 is 10.6 Å². The number of rotatable bonds is 11. The van der Waals surface area contributed by atoms with Crippen molar-refractivity contribution in [2.45, 2.75) is 19.3 Å². The minimum atomic E-state index is -0.991. The zero-order valence-corrected chi connectivity index (χ0v) is 15.6. The molecule has 0 unspecified atom stereocenters. The first-order chi connectivity index (χ1) is 13.5. The molecule has 0 atom stereocenters. The van der Waals surface area contributed by atoms with Gasteiger partial charge < -0.3 is 15.7 Å². The average Bonchev–Trinajstić information content (AvgIpc) is 2.66. The van der Waals surface area contributed by atoms with Crippen LogP contribution in [0.2, 0.25) is 0 Å². The third-order valence-electron chi connectivity index (χ3n) is 3.97. The molecule has 0 aliphatic rings. The van der Waals surface area contributed by atoms with Gasteiger partial charge in [0.2, 0.25) is 11.8 Å². The number of carboxylic acids is 1. The van der Waals surface area contributed by atoms with Crippen LogP contribution in [-0.2, 0) is 14.4 Å². The van der Waals surface area contributed by atoms with Crippen LogP contribution in [0.25, 0.3) is 0 Å². The number of aliphatic carboxylic acids is 1. The number of hydrogen-bond donors (Lipinski definition) is 3. The lowest BCUT2D eigenvalue weighted by Crippen LogP contribution is -2.37. The van der Waals surface area contributed by atoms with Gasteiger partial charge in [-0.2, -0.15) is 0 Å². The fraction of sp³-hybridized carbons (Fsp3) is 0.286. The van der Waals surface area contributed by atoms with Crippen LogP contribution in [0, 0.1) is 0 Å². The van der Waals surface area contributed by atoms with Gasteiger partial charge in [-0.3, -0.25) is 19.3 Å². The number of carbonyl (C=O) groups is 3. The zero-order chi connectivity index (χ0) is 20.2. The van der Waals surface area contributed by atoms with E-state index in [1.807, 2.05) is 48.5 Å². The lowest BCUT2D eigenvalue weighted by Gasteiger charge is -2.19. The maximum Gasteiger partial charge on any atom is 0.317 e. The highest BCUT2D eigenvalue weighted by atomic mass is 16.4. The molecule has 2 aromatic carbocycles. The van der Waals surface area contributed by atoms with Gasteiger partial charge in [0, 0.05) is 17.8 Å². The number of carboxylic acid groups (broad SMARTS) is 1. The fourth-order valence-corrected chi connectivity index (χ4v) is 2.70. The van der Waals surface area contributed by atoms with Crippen molar-refractivity contribution in [2.24, 2.45) is 0 Å². The Morgan fingerprint density at radius 2 is 1.29 bits per heavy atom. The van der Waals surface area contributed by atoms with E-state index in [1.54, 1.807) is 17.0 Å². The van der Waals surface area contributed by atoms with E-state index < -0.39 is 5.97 Å². The van der Waals surface area contributed by atoms with E-state index in [1.165, 1.54) is 0 Å². The van der Waals surface area contributed by atoms with Gasteiger partial charge in [0.15, 0.2) is 0 Å². The van der Waals surface area contributed by atoms with Crippen LogP contribution in [0.5, 0.6) is 0 Å². The highest BCUT2D eigenvalue weighted by Gasteiger charge is 2.14. The van der Waals surface area contributed by atoms with Crippen LogP contribution in [0.15, 0.2) is 60.7 Å². The Balaban J connectivity index is 1.73. The molecule has 28 heavy (non-hydrogen) atoms. The van der Waals surface area contributed by atoms with Crippen molar-refractivity contribution in [3.8, 4) is 0 Å². The third kappa shape index (κ3) is 8.46. The average molecular weight is 383 g/mol. The van der Waals surface area contributed by atoms with Crippen molar-refractivity contribution in [2.75, 3.05) is 30.3 Å². The second-order valence-corrected chi connectivity index (χ2v) is 6.39. The molecule has 0 bridgehead atoms. The Labute approximate surface area is 164 Å². The molecule has 0 aromatic heterocycles. The molecular weight excluding hydrogens is 358 g/mol. The molecule has 0 radical (unpaired) electrons. The van der Waals surface area contributed by atoms with Crippen molar-refractivity contribution in [3.05, 3.63) is 60.7 Å². The maximum absolute atomic E-state index is 12.1. The molecule has 2 rings (SSSR count). The SMILES string of the molecule is O=C(O)CN(CCCCC(=O)Nc1ccccc1)CC(=O)Nc1ccccc1. The maximum atomic E-state index is 12.1. The summed E-state index contributed by atoms with van der Waals surface area (Å²) in [5, 5.41) is 14.6. The molecule has 2 aromatic rings. The summed E-state index contributed by atoms with van der Waals surface area (Å²) < 4.78 is 0. The summed E-state index contributed by atoms with van der Waals surface area (Å²) in [6, 6.07) is 18.2. The van der Waals surface area contributed by atoms with E-state index in [0.717, 1.165) is 5.69 Å². The largest absolute Gasteiger partial charge is 0.480 e. The summed E-state index contributed by atoms with van der Waals surface area (Å²) in [5.41, 5.74) is 1.41. The van der Waals surface area contributed by atoms with E-state index in [4.69, 9.17) is 5.11 Å². The minimum Gasteiger partial charge on any atom is -0.480 e. The van der Waals surface area contributed by atoms with Gasteiger partial charge in [-0.1, -0.05) is 36.4 Å². The number of nitrogens with one attached hydrogen (secondary N) is 2. The topological polar surface area (TPSA) is 98.7 Å². The zero-order valence-electron chi connectivity index (χ0n) is 15.6. The first-order valence-electron chi connectivity index (χ1n) is 9.17. The van der Waals surface area contributed by atoms with Gasteiger partial charge >= 0.3 is 5.97 Å². The van der Waals surface area contributed by atoms with E-state index in [-0.39, 0.29) is 24.9 Å². The van der Waals surface area contributed by atoms with Gasteiger partial charge in [-0.05, 0) is 43.7 Å². The summed E-state index contributed by atoms with van der Waals surface area (Å²) >= 11 is 0. The molecule has 0 spiro atoms. The molecule has 0 saturated heterocycles. The second kappa shape index (κ2) is 11.5. The van der Waals surface area contributed by atoms with Gasteiger partial charge in [0.25, 0.3) is 0 Å². The van der Waals surface area contributed by atoms with Crippen LogP contribution >= 0.6 is 0 Å². The number of hydrogen-bond acceptors (Lipinski definition) is 4. The second-order valence-electron chi connectivity index (χ2n) is 6.39.